The quantitative estimate of drug-likeness (QED) is 0.916. The number of piperazine rings is 1. The number of aromatic nitrogens is 2. The van der Waals surface area contributed by atoms with Gasteiger partial charge in [0.25, 0.3) is 0 Å². The summed E-state index contributed by atoms with van der Waals surface area (Å²) in [5.74, 6) is 0.802. The van der Waals surface area contributed by atoms with Gasteiger partial charge >= 0.3 is 0 Å². The van der Waals surface area contributed by atoms with Crippen LogP contribution in [0.1, 0.15) is 0 Å². The predicted molar refractivity (Wildman–Crippen MR) is 75.4 cm³/mol. The molecule has 6 heteroatoms. The van der Waals surface area contributed by atoms with Gasteiger partial charge in [0.05, 0.1) is 10.0 Å². The van der Waals surface area contributed by atoms with Gasteiger partial charge in [-0.05, 0) is 12.1 Å². The molecule has 1 fully saturated rings. The summed E-state index contributed by atoms with van der Waals surface area (Å²) >= 11 is 7.48. The van der Waals surface area contributed by atoms with Gasteiger partial charge in [0.15, 0.2) is 0 Å². The molecule has 3 rings (SSSR count). The lowest BCUT2D eigenvalue weighted by atomic mass is 10.2. The van der Waals surface area contributed by atoms with Gasteiger partial charge in [0.1, 0.15) is 0 Å². The Morgan fingerprint density at radius 2 is 2.17 bits per heavy atom. The molecule has 0 aromatic carbocycles. The van der Waals surface area contributed by atoms with E-state index in [-0.39, 0.29) is 0 Å². The monoisotopic (exact) mass is 280 g/mol. The van der Waals surface area contributed by atoms with Crippen molar-refractivity contribution in [2.24, 2.45) is 0 Å². The fourth-order valence-corrected chi connectivity index (χ4v) is 2.85. The van der Waals surface area contributed by atoms with Crippen LogP contribution in [0.3, 0.4) is 0 Å². The molecular weight excluding hydrogens is 268 g/mol. The summed E-state index contributed by atoms with van der Waals surface area (Å²) in [6.07, 6.45) is 1.81. The normalized spacial score (nSPS) is 15.9. The average molecular weight is 281 g/mol. The van der Waals surface area contributed by atoms with Gasteiger partial charge in [-0.15, -0.1) is 11.3 Å². The summed E-state index contributed by atoms with van der Waals surface area (Å²) in [5.41, 5.74) is 1.99. The zero-order chi connectivity index (χ0) is 12.4. The van der Waals surface area contributed by atoms with Crippen LogP contribution in [0.4, 0.5) is 5.95 Å². The highest BCUT2D eigenvalue weighted by Gasteiger charge is 2.13. The van der Waals surface area contributed by atoms with Crippen molar-refractivity contribution in [2.45, 2.75) is 0 Å². The van der Waals surface area contributed by atoms with Crippen molar-refractivity contribution in [2.75, 3.05) is 31.1 Å². The molecule has 0 aliphatic carbocycles. The SMILES string of the molecule is Clc1cc(-c2ccnc(N3CCNCC3)n2)cs1. The molecule has 0 spiro atoms. The van der Waals surface area contributed by atoms with Crippen molar-refractivity contribution in [1.82, 2.24) is 15.3 Å². The summed E-state index contributed by atoms with van der Waals surface area (Å²) in [6.45, 7) is 3.87. The van der Waals surface area contributed by atoms with Crippen molar-refractivity contribution < 1.29 is 0 Å². The molecule has 1 aliphatic rings. The molecule has 1 saturated heterocycles. The van der Waals surface area contributed by atoms with Crippen LogP contribution in [0.5, 0.6) is 0 Å². The standard InChI is InChI=1S/C12H13ClN4S/c13-11-7-9(8-18-11)10-1-2-15-12(16-10)17-5-3-14-4-6-17/h1-2,7-8,14H,3-6H2. The summed E-state index contributed by atoms with van der Waals surface area (Å²) in [5, 5.41) is 5.34. The average Bonchev–Trinajstić information content (AvgIpc) is 2.87. The van der Waals surface area contributed by atoms with E-state index in [0.29, 0.717) is 0 Å². The summed E-state index contributed by atoms with van der Waals surface area (Å²) in [7, 11) is 0. The maximum atomic E-state index is 5.96. The fraction of sp³-hybridized carbons (Fsp3) is 0.333. The first kappa shape index (κ1) is 11.9. The third kappa shape index (κ3) is 2.48. The van der Waals surface area contributed by atoms with Gasteiger partial charge in [-0.2, -0.15) is 0 Å². The highest BCUT2D eigenvalue weighted by atomic mass is 35.5. The van der Waals surface area contributed by atoms with Crippen LogP contribution in [-0.4, -0.2) is 36.1 Å². The van der Waals surface area contributed by atoms with Gasteiger partial charge in [0.2, 0.25) is 5.95 Å². The topological polar surface area (TPSA) is 41.1 Å². The van der Waals surface area contributed by atoms with E-state index < -0.39 is 0 Å². The van der Waals surface area contributed by atoms with Crippen LogP contribution in [0, 0.1) is 0 Å². The molecule has 3 heterocycles. The molecule has 1 aliphatic heterocycles. The Kier molecular flexibility index (Phi) is 3.45. The van der Waals surface area contributed by atoms with Crippen molar-refractivity contribution in [3.63, 3.8) is 0 Å². The molecule has 94 valence electrons. The van der Waals surface area contributed by atoms with Gasteiger partial charge in [-0.1, -0.05) is 11.6 Å². The van der Waals surface area contributed by atoms with E-state index in [1.54, 1.807) is 0 Å². The van der Waals surface area contributed by atoms with Crippen molar-refractivity contribution >= 4 is 28.9 Å². The number of anilines is 1. The lowest BCUT2D eigenvalue weighted by Gasteiger charge is -2.27. The third-order valence-electron chi connectivity index (χ3n) is 2.91. The minimum absolute atomic E-state index is 0.785. The maximum absolute atomic E-state index is 5.96. The van der Waals surface area contributed by atoms with Crippen molar-refractivity contribution in [3.8, 4) is 11.3 Å². The summed E-state index contributed by atoms with van der Waals surface area (Å²) in [4.78, 5) is 11.2. The Bertz CT molecular complexity index is 536. The Morgan fingerprint density at radius 1 is 1.33 bits per heavy atom. The third-order valence-corrected chi connectivity index (χ3v) is 4.00. The molecule has 0 atom stereocenters. The first-order chi connectivity index (χ1) is 8.83. The number of nitrogens with one attached hydrogen (secondary N) is 1. The molecule has 2 aromatic rings. The highest BCUT2D eigenvalue weighted by molar-refractivity contribution is 7.14. The van der Waals surface area contributed by atoms with Gasteiger partial charge in [-0.3, -0.25) is 0 Å². The van der Waals surface area contributed by atoms with Crippen LogP contribution in [0.2, 0.25) is 4.34 Å². The van der Waals surface area contributed by atoms with Gasteiger partial charge < -0.3 is 10.2 Å². The molecule has 0 amide bonds. The molecule has 0 bridgehead atoms. The zero-order valence-electron chi connectivity index (χ0n) is 9.77. The van der Waals surface area contributed by atoms with Crippen LogP contribution in [-0.2, 0) is 0 Å². The molecule has 4 nitrogen and oxygen atoms in total. The second kappa shape index (κ2) is 5.22. The maximum Gasteiger partial charge on any atom is 0.225 e. The van der Waals surface area contributed by atoms with Crippen LogP contribution in [0.15, 0.2) is 23.7 Å². The largest absolute Gasteiger partial charge is 0.338 e. The van der Waals surface area contributed by atoms with Crippen LogP contribution in [0.25, 0.3) is 11.3 Å². The van der Waals surface area contributed by atoms with Gasteiger partial charge in [-0.25, -0.2) is 9.97 Å². The smallest absolute Gasteiger partial charge is 0.225 e. The molecule has 0 radical (unpaired) electrons. The Hall–Kier alpha value is -1.17. The molecule has 0 saturated carbocycles. The number of hydrogen-bond donors (Lipinski definition) is 1. The Labute approximate surface area is 115 Å². The molecule has 1 N–H and O–H groups in total. The molecule has 0 unspecified atom stereocenters. The van der Waals surface area contributed by atoms with E-state index in [1.807, 2.05) is 23.7 Å². The minimum atomic E-state index is 0.785. The molecule has 18 heavy (non-hydrogen) atoms. The van der Waals surface area contributed by atoms with E-state index in [9.17, 15) is 0 Å². The summed E-state index contributed by atoms with van der Waals surface area (Å²) in [6, 6.07) is 3.86. The first-order valence-corrected chi connectivity index (χ1v) is 7.12. The van der Waals surface area contributed by atoms with E-state index >= 15 is 0 Å². The second-order valence-electron chi connectivity index (χ2n) is 4.12. The van der Waals surface area contributed by atoms with Crippen molar-refractivity contribution in [1.29, 1.82) is 0 Å². The lowest BCUT2D eigenvalue weighted by Crippen LogP contribution is -2.44. The van der Waals surface area contributed by atoms with Crippen LogP contribution >= 0.6 is 22.9 Å². The van der Waals surface area contributed by atoms with E-state index in [1.165, 1.54) is 11.3 Å². The first-order valence-electron chi connectivity index (χ1n) is 5.86. The number of halogens is 1. The number of thiophene rings is 1. The highest BCUT2D eigenvalue weighted by Crippen LogP contribution is 2.28. The van der Waals surface area contributed by atoms with E-state index in [4.69, 9.17) is 11.6 Å². The molecular formula is C12H13ClN4S. The van der Waals surface area contributed by atoms with Crippen LogP contribution < -0.4 is 10.2 Å². The Morgan fingerprint density at radius 3 is 2.89 bits per heavy atom. The number of hydrogen-bond acceptors (Lipinski definition) is 5. The Balaban J connectivity index is 1.88. The van der Waals surface area contributed by atoms with E-state index in [2.05, 4.69) is 20.2 Å². The predicted octanol–water partition coefficient (Wildman–Crippen LogP) is 2.27. The lowest BCUT2D eigenvalue weighted by molar-refractivity contribution is 0.580. The minimum Gasteiger partial charge on any atom is -0.338 e. The zero-order valence-corrected chi connectivity index (χ0v) is 11.3. The summed E-state index contributed by atoms with van der Waals surface area (Å²) < 4.78 is 0.785. The number of rotatable bonds is 2. The molecule has 2 aromatic heterocycles. The second-order valence-corrected chi connectivity index (χ2v) is 5.66. The van der Waals surface area contributed by atoms with Gasteiger partial charge in [0, 0.05) is 43.3 Å². The number of nitrogens with zero attached hydrogens (tertiary/aromatic N) is 3. The fourth-order valence-electron chi connectivity index (χ4n) is 1.97. The van der Waals surface area contributed by atoms with E-state index in [0.717, 1.165) is 47.7 Å². The van der Waals surface area contributed by atoms with Crippen molar-refractivity contribution in [3.05, 3.63) is 28.0 Å².